The Labute approximate surface area is 322 Å². The Morgan fingerprint density at radius 1 is 0.526 bits per heavy atom. The minimum Gasteiger partial charge on any atom is -0.460 e. The molecule has 0 aliphatic carbocycles. The lowest BCUT2D eigenvalue weighted by atomic mass is 10.1. The number of ether oxygens (including phenoxy) is 9. The quantitative estimate of drug-likeness (QED) is 0.0217. The Morgan fingerprint density at radius 2 is 0.965 bits per heavy atom. The van der Waals surface area contributed by atoms with Crippen LogP contribution in [-0.2, 0) is 48.9 Å². The lowest BCUT2D eigenvalue weighted by Gasteiger charge is -2.13. The van der Waals surface area contributed by atoms with E-state index in [0.717, 1.165) is 12.1 Å². The minimum atomic E-state index is -4.50. The SMILES string of the molecule is O=C(CCOCCOCCOCCOCCOCCOCCOCCOC(=O)c1ccccc1Nc1cccc(C(F)(F)F)c1)Oc1c(F)c(F)c(F)c(F)c1F. The van der Waals surface area contributed by atoms with Crippen LogP contribution in [0, 0.1) is 29.1 Å². The topological polar surface area (TPSA) is 129 Å². The molecule has 1 N–H and O–H groups in total. The fourth-order valence-electron chi connectivity index (χ4n) is 4.39. The summed E-state index contributed by atoms with van der Waals surface area (Å²) in [6.07, 6.45) is -5.01. The molecular formula is C37H41F8NO11. The van der Waals surface area contributed by atoms with E-state index in [0.29, 0.717) is 45.3 Å². The smallest absolute Gasteiger partial charge is 0.416 e. The summed E-state index contributed by atoms with van der Waals surface area (Å²) < 4.78 is 152. The van der Waals surface area contributed by atoms with Gasteiger partial charge in [0, 0.05) is 5.69 Å². The van der Waals surface area contributed by atoms with Crippen LogP contribution in [0.3, 0.4) is 0 Å². The number of esters is 2. The van der Waals surface area contributed by atoms with Crippen LogP contribution >= 0.6 is 0 Å². The first-order valence-electron chi connectivity index (χ1n) is 17.4. The molecule has 57 heavy (non-hydrogen) atoms. The number of benzene rings is 3. The molecule has 3 rings (SSSR count). The summed E-state index contributed by atoms with van der Waals surface area (Å²) in [5, 5.41) is 2.83. The van der Waals surface area contributed by atoms with Gasteiger partial charge in [-0.2, -0.15) is 22.0 Å². The molecule has 0 heterocycles. The lowest BCUT2D eigenvalue weighted by molar-refractivity contribution is -0.138. The van der Waals surface area contributed by atoms with Crippen LogP contribution in [0.4, 0.5) is 46.5 Å². The molecule has 20 heteroatoms. The predicted octanol–water partition coefficient (Wildman–Crippen LogP) is 6.41. The second-order valence-electron chi connectivity index (χ2n) is 11.3. The Balaban J connectivity index is 1.06. The van der Waals surface area contributed by atoms with E-state index in [2.05, 4.69) is 10.1 Å². The number of anilines is 2. The summed E-state index contributed by atoms with van der Waals surface area (Å²) in [4.78, 5) is 24.2. The number of rotatable bonds is 28. The van der Waals surface area contributed by atoms with Gasteiger partial charge in [-0.1, -0.05) is 18.2 Å². The molecule has 3 aromatic carbocycles. The molecule has 0 spiro atoms. The Bertz CT molecular complexity index is 1650. The summed E-state index contributed by atoms with van der Waals surface area (Å²) in [7, 11) is 0. The third-order valence-corrected chi connectivity index (χ3v) is 7.14. The van der Waals surface area contributed by atoms with Gasteiger partial charge < -0.3 is 47.9 Å². The average molecular weight is 828 g/mol. The van der Waals surface area contributed by atoms with E-state index in [9.17, 15) is 44.7 Å². The van der Waals surface area contributed by atoms with Crippen LogP contribution in [0.25, 0.3) is 0 Å². The molecule has 3 aromatic rings. The Kier molecular flexibility index (Phi) is 21.2. The number of carbonyl (C=O) groups excluding carboxylic acids is 2. The van der Waals surface area contributed by atoms with Gasteiger partial charge in [-0.25, -0.2) is 18.0 Å². The lowest BCUT2D eigenvalue weighted by Crippen LogP contribution is -2.16. The van der Waals surface area contributed by atoms with Crippen LogP contribution in [0.2, 0.25) is 0 Å². The summed E-state index contributed by atoms with van der Waals surface area (Å²) in [5.41, 5.74) is -0.212. The maximum absolute atomic E-state index is 13.6. The first-order chi connectivity index (χ1) is 27.4. The van der Waals surface area contributed by atoms with Crippen molar-refractivity contribution in [3.8, 4) is 5.75 Å². The molecule has 0 atom stereocenters. The van der Waals surface area contributed by atoms with Gasteiger partial charge in [0.25, 0.3) is 0 Å². The zero-order valence-corrected chi connectivity index (χ0v) is 30.4. The van der Waals surface area contributed by atoms with E-state index < -0.39 is 64.9 Å². The van der Waals surface area contributed by atoms with Crippen molar-refractivity contribution in [2.75, 3.05) is 104 Å². The molecule has 0 amide bonds. The highest BCUT2D eigenvalue weighted by atomic mass is 19.4. The molecular weight excluding hydrogens is 786 g/mol. The molecule has 0 saturated heterocycles. The number of para-hydroxylation sites is 1. The van der Waals surface area contributed by atoms with Gasteiger partial charge in [0.2, 0.25) is 34.8 Å². The summed E-state index contributed by atoms with van der Waals surface area (Å²) in [6, 6.07) is 10.9. The van der Waals surface area contributed by atoms with E-state index in [1.807, 2.05) is 0 Å². The van der Waals surface area contributed by atoms with Gasteiger partial charge in [0.15, 0.2) is 0 Å². The number of hydrogen-bond donors (Lipinski definition) is 1. The van der Waals surface area contributed by atoms with Crippen molar-refractivity contribution in [1.82, 2.24) is 0 Å². The van der Waals surface area contributed by atoms with Gasteiger partial charge in [-0.15, -0.1) is 0 Å². The summed E-state index contributed by atoms with van der Waals surface area (Å²) in [5.74, 6) is -14.9. The van der Waals surface area contributed by atoms with Crippen molar-refractivity contribution in [1.29, 1.82) is 0 Å². The highest BCUT2D eigenvalue weighted by Gasteiger charge is 2.31. The maximum Gasteiger partial charge on any atom is 0.416 e. The standard InChI is InChI=1S/C37H41F8NO11/c38-30-31(39)33(41)35(34(42)32(30)40)57-29(47)8-9-49-10-11-50-12-13-51-14-15-52-16-17-53-18-19-54-20-21-55-22-23-56-36(48)27-6-1-2-7-28(27)46-26-5-3-4-25(24-26)37(43,44)45/h1-7,24,46H,8-23H2. The van der Waals surface area contributed by atoms with E-state index in [4.69, 9.17) is 37.9 Å². The molecule has 0 saturated carbocycles. The third kappa shape index (κ3) is 17.3. The highest BCUT2D eigenvalue weighted by Crippen LogP contribution is 2.32. The molecule has 0 aliphatic rings. The zero-order chi connectivity index (χ0) is 41.5. The Morgan fingerprint density at radius 3 is 1.46 bits per heavy atom. The van der Waals surface area contributed by atoms with Crippen molar-refractivity contribution >= 4 is 23.3 Å². The molecule has 0 bridgehead atoms. The van der Waals surface area contributed by atoms with Crippen LogP contribution in [0.1, 0.15) is 22.3 Å². The first kappa shape index (κ1) is 46.9. The van der Waals surface area contributed by atoms with Gasteiger partial charge in [0.1, 0.15) is 6.61 Å². The second kappa shape index (κ2) is 25.7. The number of halogens is 8. The second-order valence-corrected chi connectivity index (χ2v) is 11.3. The normalized spacial score (nSPS) is 11.5. The van der Waals surface area contributed by atoms with E-state index in [1.165, 1.54) is 18.2 Å². The van der Waals surface area contributed by atoms with Gasteiger partial charge in [-0.05, 0) is 30.3 Å². The van der Waals surface area contributed by atoms with Crippen molar-refractivity contribution in [2.45, 2.75) is 12.6 Å². The molecule has 12 nitrogen and oxygen atoms in total. The van der Waals surface area contributed by atoms with Crippen molar-refractivity contribution in [3.05, 3.63) is 88.7 Å². The molecule has 0 aliphatic heterocycles. The fourth-order valence-corrected chi connectivity index (χ4v) is 4.39. The number of nitrogens with one attached hydrogen (secondary N) is 1. The van der Waals surface area contributed by atoms with Gasteiger partial charge >= 0.3 is 18.1 Å². The van der Waals surface area contributed by atoms with Gasteiger partial charge in [0.05, 0.1) is 116 Å². The van der Waals surface area contributed by atoms with Crippen molar-refractivity contribution in [2.24, 2.45) is 0 Å². The summed E-state index contributed by atoms with van der Waals surface area (Å²) >= 11 is 0. The molecule has 0 aromatic heterocycles. The van der Waals surface area contributed by atoms with Crippen molar-refractivity contribution < 1.29 is 87.3 Å². The summed E-state index contributed by atoms with van der Waals surface area (Å²) in [6.45, 7) is 2.96. The van der Waals surface area contributed by atoms with Crippen LogP contribution in [0.15, 0.2) is 48.5 Å². The zero-order valence-electron chi connectivity index (χ0n) is 30.4. The van der Waals surface area contributed by atoms with Crippen LogP contribution in [0.5, 0.6) is 5.75 Å². The largest absolute Gasteiger partial charge is 0.460 e. The first-order valence-corrected chi connectivity index (χ1v) is 17.4. The fraction of sp³-hybridized carbons (Fsp3) is 0.459. The van der Waals surface area contributed by atoms with E-state index in [1.54, 1.807) is 18.2 Å². The average Bonchev–Trinajstić information content (AvgIpc) is 3.19. The maximum atomic E-state index is 13.6. The third-order valence-electron chi connectivity index (χ3n) is 7.14. The van der Waals surface area contributed by atoms with Gasteiger partial charge in [-0.3, -0.25) is 4.79 Å². The minimum absolute atomic E-state index is 0.0449. The van der Waals surface area contributed by atoms with Crippen molar-refractivity contribution in [3.63, 3.8) is 0 Å². The highest BCUT2D eigenvalue weighted by molar-refractivity contribution is 5.96. The predicted molar refractivity (Wildman–Crippen MR) is 184 cm³/mol. The number of carbonyl (C=O) groups is 2. The molecule has 0 radical (unpaired) electrons. The van der Waals surface area contributed by atoms with Crippen LogP contribution < -0.4 is 10.1 Å². The van der Waals surface area contributed by atoms with E-state index >= 15 is 0 Å². The molecule has 316 valence electrons. The molecule has 0 unspecified atom stereocenters. The monoisotopic (exact) mass is 827 g/mol. The number of hydrogen-bond acceptors (Lipinski definition) is 12. The van der Waals surface area contributed by atoms with Crippen LogP contribution in [-0.4, -0.2) is 111 Å². The molecule has 0 fully saturated rings. The van der Waals surface area contributed by atoms with E-state index in [-0.39, 0.29) is 70.7 Å². The Hall–Kier alpha value is -4.44. The number of alkyl halides is 3.